The van der Waals surface area contributed by atoms with Crippen LogP contribution in [0.25, 0.3) is 0 Å². The van der Waals surface area contributed by atoms with Crippen LogP contribution in [0, 0.1) is 11.8 Å². The number of hydrogen-bond donors (Lipinski definition) is 1. The van der Waals surface area contributed by atoms with Crippen LogP contribution in [-0.4, -0.2) is 51.7 Å². The van der Waals surface area contributed by atoms with E-state index in [1.165, 1.54) is 0 Å². The number of hydrogen-bond acceptors (Lipinski definition) is 5. The molecule has 0 aromatic heterocycles. The fourth-order valence-corrected chi connectivity index (χ4v) is 5.22. The Balaban J connectivity index is 0.00000225. The highest BCUT2D eigenvalue weighted by atomic mass is 35.5. The molecule has 1 saturated heterocycles. The van der Waals surface area contributed by atoms with Crippen molar-refractivity contribution in [3.05, 3.63) is 24.3 Å². The van der Waals surface area contributed by atoms with E-state index in [1.807, 2.05) is 6.92 Å². The topological polar surface area (TPSA) is 81.9 Å². The molecule has 2 N–H and O–H groups in total. The third kappa shape index (κ3) is 4.46. The summed E-state index contributed by atoms with van der Waals surface area (Å²) in [6, 6.07) is 6.75. The molecule has 1 aromatic carbocycles. The van der Waals surface area contributed by atoms with Crippen molar-refractivity contribution < 1.29 is 17.9 Å². The molecule has 0 amide bonds. The van der Waals surface area contributed by atoms with Gasteiger partial charge >= 0.3 is 0 Å². The highest BCUT2D eigenvalue weighted by molar-refractivity contribution is 7.89. The van der Waals surface area contributed by atoms with Crippen LogP contribution in [0.3, 0.4) is 0 Å². The smallest absolute Gasteiger partial charge is 0.243 e. The van der Waals surface area contributed by atoms with Crippen molar-refractivity contribution in [3.63, 3.8) is 0 Å². The molecule has 0 radical (unpaired) electrons. The SMILES string of the molecule is CCOCCOc1ccc(S(=O)(=O)N2CC3CCC(N)C3C2)cc1.Cl. The molecule has 1 aromatic rings. The molecule has 6 nitrogen and oxygen atoms in total. The molecule has 1 heterocycles. The third-order valence-electron chi connectivity index (χ3n) is 5.04. The molecule has 3 atom stereocenters. The average molecular weight is 391 g/mol. The summed E-state index contributed by atoms with van der Waals surface area (Å²) >= 11 is 0. The lowest BCUT2D eigenvalue weighted by molar-refractivity contribution is 0.110. The number of sulfonamides is 1. The number of ether oxygens (including phenoxy) is 2. The van der Waals surface area contributed by atoms with Gasteiger partial charge < -0.3 is 15.2 Å². The second kappa shape index (κ2) is 8.68. The Kier molecular flexibility index (Phi) is 7.10. The first-order chi connectivity index (χ1) is 11.5. The molecule has 2 aliphatic rings. The van der Waals surface area contributed by atoms with Crippen molar-refractivity contribution in [1.82, 2.24) is 4.31 Å². The molecule has 1 aliphatic carbocycles. The third-order valence-corrected chi connectivity index (χ3v) is 6.89. The van der Waals surface area contributed by atoms with E-state index in [0.717, 1.165) is 12.8 Å². The second-order valence-corrected chi connectivity index (χ2v) is 8.44. The van der Waals surface area contributed by atoms with Gasteiger partial charge in [-0.2, -0.15) is 4.31 Å². The maximum absolute atomic E-state index is 12.8. The highest BCUT2D eigenvalue weighted by Crippen LogP contribution is 2.39. The van der Waals surface area contributed by atoms with Crippen LogP contribution in [0.2, 0.25) is 0 Å². The number of fused-ring (bicyclic) bond motifs is 1. The number of nitrogens with two attached hydrogens (primary N) is 1. The molecule has 2 fully saturated rings. The molecule has 142 valence electrons. The van der Waals surface area contributed by atoms with Gasteiger partial charge in [-0.25, -0.2) is 8.42 Å². The summed E-state index contributed by atoms with van der Waals surface area (Å²) in [6.45, 7) is 4.69. The summed E-state index contributed by atoms with van der Waals surface area (Å²) in [6.07, 6.45) is 2.04. The van der Waals surface area contributed by atoms with Crippen molar-refractivity contribution in [3.8, 4) is 5.75 Å². The van der Waals surface area contributed by atoms with Gasteiger partial charge in [0.25, 0.3) is 0 Å². The van der Waals surface area contributed by atoms with Gasteiger partial charge in [-0.15, -0.1) is 12.4 Å². The molecule has 1 aliphatic heterocycles. The number of rotatable bonds is 7. The Morgan fingerprint density at radius 1 is 1.16 bits per heavy atom. The first kappa shape index (κ1) is 20.5. The predicted octanol–water partition coefficient (Wildman–Crippen LogP) is 1.88. The van der Waals surface area contributed by atoms with Crippen LogP contribution in [0.5, 0.6) is 5.75 Å². The average Bonchev–Trinajstić information content (AvgIpc) is 3.15. The van der Waals surface area contributed by atoms with Crippen molar-refractivity contribution in [2.75, 3.05) is 32.9 Å². The molecule has 0 bridgehead atoms. The fourth-order valence-electron chi connectivity index (χ4n) is 3.68. The minimum absolute atomic E-state index is 0. The Bertz CT molecular complexity index is 653. The summed E-state index contributed by atoms with van der Waals surface area (Å²) in [5.41, 5.74) is 6.10. The van der Waals surface area contributed by atoms with Gasteiger partial charge in [0, 0.05) is 25.7 Å². The summed E-state index contributed by atoms with van der Waals surface area (Å²) in [5.74, 6) is 1.37. The maximum atomic E-state index is 12.8. The number of nitrogens with zero attached hydrogens (tertiary/aromatic N) is 1. The summed E-state index contributed by atoms with van der Waals surface area (Å²) in [5, 5.41) is 0. The van der Waals surface area contributed by atoms with Gasteiger partial charge in [0.05, 0.1) is 11.5 Å². The minimum Gasteiger partial charge on any atom is -0.491 e. The quantitative estimate of drug-likeness (QED) is 0.719. The Labute approximate surface area is 156 Å². The maximum Gasteiger partial charge on any atom is 0.243 e. The van der Waals surface area contributed by atoms with Crippen LogP contribution in [0.15, 0.2) is 29.2 Å². The van der Waals surface area contributed by atoms with E-state index in [2.05, 4.69) is 0 Å². The van der Waals surface area contributed by atoms with Crippen LogP contribution in [0.4, 0.5) is 0 Å². The van der Waals surface area contributed by atoms with Gasteiger partial charge in [0.2, 0.25) is 10.0 Å². The van der Waals surface area contributed by atoms with Crippen LogP contribution in [0.1, 0.15) is 19.8 Å². The van der Waals surface area contributed by atoms with E-state index in [1.54, 1.807) is 28.6 Å². The molecule has 1 saturated carbocycles. The largest absolute Gasteiger partial charge is 0.491 e. The zero-order chi connectivity index (χ0) is 17.2. The van der Waals surface area contributed by atoms with Gasteiger partial charge in [0.15, 0.2) is 0 Å². The molecular weight excluding hydrogens is 364 g/mol. The van der Waals surface area contributed by atoms with Gasteiger partial charge in [-0.05, 0) is 55.9 Å². The molecule has 3 rings (SSSR count). The lowest BCUT2D eigenvalue weighted by atomic mass is 9.98. The summed E-state index contributed by atoms with van der Waals surface area (Å²) < 4.78 is 37.9. The summed E-state index contributed by atoms with van der Waals surface area (Å²) in [7, 11) is -3.45. The molecule has 8 heteroatoms. The van der Waals surface area contributed by atoms with Crippen LogP contribution < -0.4 is 10.5 Å². The predicted molar refractivity (Wildman–Crippen MR) is 98.6 cm³/mol. The molecule has 3 unspecified atom stereocenters. The van der Waals surface area contributed by atoms with E-state index >= 15 is 0 Å². The first-order valence-electron chi connectivity index (χ1n) is 8.58. The van der Waals surface area contributed by atoms with E-state index in [4.69, 9.17) is 15.2 Å². The van der Waals surface area contributed by atoms with Crippen molar-refractivity contribution >= 4 is 22.4 Å². The van der Waals surface area contributed by atoms with Gasteiger partial charge in [0.1, 0.15) is 12.4 Å². The van der Waals surface area contributed by atoms with Crippen molar-refractivity contribution in [2.24, 2.45) is 17.6 Å². The van der Waals surface area contributed by atoms with E-state index in [0.29, 0.717) is 55.4 Å². The van der Waals surface area contributed by atoms with Crippen LogP contribution >= 0.6 is 12.4 Å². The van der Waals surface area contributed by atoms with Crippen molar-refractivity contribution in [1.29, 1.82) is 0 Å². The van der Waals surface area contributed by atoms with Crippen molar-refractivity contribution in [2.45, 2.75) is 30.7 Å². The van der Waals surface area contributed by atoms with E-state index in [-0.39, 0.29) is 18.4 Å². The zero-order valence-electron chi connectivity index (χ0n) is 14.5. The Hall–Kier alpha value is -0.860. The Morgan fingerprint density at radius 3 is 2.52 bits per heavy atom. The lowest BCUT2D eigenvalue weighted by Crippen LogP contribution is -2.33. The molecule has 0 spiro atoms. The lowest BCUT2D eigenvalue weighted by Gasteiger charge is -2.18. The second-order valence-electron chi connectivity index (χ2n) is 6.50. The standard InChI is InChI=1S/C17H26N2O4S.ClH/c1-2-22-9-10-23-14-4-6-15(7-5-14)24(20,21)19-11-13-3-8-17(18)16(13)12-19;/h4-7,13,16-17H,2-3,8-12,18H2,1H3;1H. The fraction of sp³-hybridized carbons (Fsp3) is 0.647. The molecule has 25 heavy (non-hydrogen) atoms. The Morgan fingerprint density at radius 2 is 1.88 bits per heavy atom. The van der Waals surface area contributed by atoms with Gasteiger partial charge in [-0.1, -0.05) is 0 Å². The van der Waals surface area contributed by atoms with E-state index < -0.39 is 10.0 Å². The van der Waals surface area contributed by atoms with Crippen LogP contribution in [-0.2, 0) is 14.8 Å². The highest BCUT2D eigenvalue weighted by Gasteiger charge is 2.44. The van der Waals surface area contributed by atoms with Gasteiger partial charge in [-0.3, -0.25) is 0 Å². The number of halogens is 1. The monoisotopic (exact) mass is 390 g/mol. The number of benzene rings is 1. The summed E-state index contributed by atoms with van der Waals surface area (Å²) in [4.78, 5) is 0.313. The first-order valence-corrected chi connectivity index (χ1v) is 10.0. The van der Waals surface area contributed by atoms with E-state index in [9.17, 15) is 8.42 Å². The minimum atomic E-state index is -3.45. The normalized spacial score (nSPS) is 26.2. The molecular formula is C17H27ClN2O4S. The zero-order valence-corrected chi connectivity index (χ0v) is 16.1.